The first-order chi connectivity index (χ1) is 14.8. The molecule has 8 heteroatoms. The van der Waals surface area contributed by atoms with E-state index in [1.54, 1.807) is 24.3 Å². The van der Waals surface area contributed by atoms with Gasteiger partial charge in [0.25, 0.3) is 0 Å². The van der Waals surface area contributed by atoms with Crippen molar-refractivity contribution in [1.29, 1.82) is 5.26 Å². The fraction of sp³-hybridized carbons (Fsp3) is 0.261. The van der Waals surface area contributed by atoms with Crippen molar-refractivity contribution < 1.29 is 4.39 Å². The lowest BCUT2D eigenvalue weighted by Crippen LogP contribution is -2.35. The highest BCUT2D eigenvalue weighted by Crippen LogP contribution is 2.29. The van der Waals surface area contributed by atoms with E-state index >= 15 is 0 Å². The van der Waals surface area contributed by atoms with Crippen LogP contribution in [0.1, 0.15) is 37.1 Å². The van der Waals surface area contributed by atoms with Crippen LogP contribution in [0.5, 0.6) is 0 Å². The molecule has 166 valence electrons. The maximum Gasteiger partial charge on any atom is 0.148 e. The molecule has 0 aromatic heterocycles. The summed E-state index contributed by atoms with van der Waals surface area (Å²) in [5, 5.41) is 18.3. The highest BCUT2D eigenvalue weighted by molar-refractivity contribution is 6.32. The zero-order valence-electron chi connectivity index (χ0n) is 17.7. The van der Waals surface area contributed by atoms with Gasteiger partial charge in [0, 0.05) is 16.8 Å². The molecule has 0 fully saturated rings. The van der Waals surface area contributed by atoms with Crippen molar-refractivity contribution in [3.05, 3.63) is 93.7 Å². The van der Waals surface area contributed by atoms with Crippen LogP contribution in [0.3, 0.4) is 0 Å². The molecule has 1 aliphatic rings. The minimum Gasteiger partial charge on any atom is -0.389 e. The number of nitrogens with zero attached hydrogens (tertiary/aromatic N) is 1. The number of halogens is 3. The molecule has 1 atom stereocenters. The molecule has 0 spiro atoms. The molecule has 0 amide bonds. The summed E-state index contributed by atoms with van der Waals surface area (Å²) in [6.07, 6.45) is 4.32. The van der Waals surface area contributed by atoms with Crippen molar-refractivity contribution in [3.8, 4) is 6.07 Å². The van der Waals surface area contributed by atoms with E-state index in [9.17, 15) is 9.65 Å². The van der Waals surface area contributed by atoms with Gasteiger partial charge in [0.15, 0.2) is 0 Å². The molecule has 2 rings (SSSR count). The Hall–Kier alpha value is -2.72. The first-order valence-electron chi connectivity index (χ1n) is 9.71. The van der Waals surface area contributed by atoms with Crippen LogP contribution in [-0.4, -0.2) is 13.6 Å². The minimum atomic E-state index is -0.697. The summed E-state index contributed by atoms with van der Waals surface area (Å²) in [6, 6.07) is 8.97. The lowest BCUT2D eigenvalue weighted by atomic mass is 10.0. The highest BCUT2D eigenvalue weighted by Gasteiger charge is 2.23. The van der Waals surface area contributed by atoms with E-state index in [-0.39, 0.29) is 21.5 Å². The van der Waals surface area contributed by atoms with Crippen LogP contribution in [-0.2, 0) is 0 Å². The van der Waals surface area contributed by atoms with E-state index in [1.165, 1.54) is 18.9 Å². The number of allylic oxidation sites excluding steroid dienone is 4. The van der Waals surface area contributed by atoms with Gasteiger partial charge in [-0.3, -0.25) is 0 Å². The second kappa shape index (κ2) is 13.6. The number of benzene rings is 1. The molecule has 0 radical (unpaired) electrons. The molecule has 5 nitrogen and oxygen atoms in total. The molecule has 0 saturated heterocycles. The molecule has 0 bridgehead atoms. The molecular formula is C23H28Cl2FN5. The Morgan fingerprint density at radius 2 is 2.06 bits per heavy atom. The van der Waals surface area contributed by atoms with Gasteiger partial charge in [-0.2, -0.15) is 5.26 Å². The zero-order valence-corrected chi connectivity index (χ0v) is 19.2. The Morgan fingerprint density at radius 1 is 1.39 bits per heavy atom. The topological polar surface area (TPSA) is 85.9 Å². The van der Waals surface area contributed by atoms with Gasteiger partial charge in [-0.25, -0.2) is 4.39 Å². The van der Waals surface area contributed by atoms with E-state index in [1.807, 2.05) is 7.05 Å². The van der Waals surface area contributed by atoms with Crippen LogP contribution in [0.4, 0.5) is 4.39 Å². The van der Waals surface area contributed by atoms with Crippen LogP contribution in [0.15, 0.2) is 82.6 Å². The Morgan fingerprint density at radius 3 is 2.58 bits per heavy atom. The summed E-state index contributed by atoms with van der Waals surface area (Å²) in [5.74, 6) is -0.689. The van der Waals surface area contributed by atoms with Crippen molar-refractivity contribution in [3.63, 3.8) is 0 Å². The largest absolute Gasteiger partial charge is 0.389 e. The number of hydrogen-bond acceptors (Lipinski definition) is 5. The molecule has 1 aromatic carbocycles. The van der Waals surface area contributed by atoms with Crippen molar-refractivity contribution in [2.45, 2.75) is 25.9 Å². The Labute approximate surface area is 193 Å². The summed E-state index contributed by atoms with van der Waals surface area (Å²) >= 11 is 11.9. The summed E-state index contributed by atoms with van der Waals surface area (Å²) in [7, 11) is 1.98. The van der Waals surface area contributed by atoms with Crippen LogP contribution in [0, 0.1) is 11.3 Å². The lowest BCUT2D eigenvalue weighted by molar-refractivity contribution is 0.512. The predicted molar refractivity (Wildman–Crippen MR) is 127 cm³/mol. The van der Waals surface area contributed by atoms with E-state index < -0.39 is 12.0 Å². The second-order valence-electron chi connectivity index (χ2n) is 6.54. The highest BCUT2D eigenvalue weighted by atomic mass is 35.5. The van der Waals surface area contributed by atoms with Crippen molar-refractivity contribution in [2.24, 2.45) is 5.73 Å². The molecule has 1 heterocycles. The van der Waals surface area contributed by atoms with Gasteiger partial charge in [-0.15, -0.1) is 0 Å². The van der Waals surface area contributed by atoms with Crippen molar-refractivity contribution >= 4 is 23.2 Å². The van der Waals surface area contributed by atoms with Crippen LogP contribution < -0.4 is 21.7 Å². The van der Waals surface area contributed by atoms with Crippen molar-refractivity contribution in [1.82, 2.24) is 16.0 Å². The fourth-order valence-corrected chi connectivity index (χ4v) is 2.97. The fourth-order valence-electron chi connectivity index (χ4n) is 2.65. The van der Waals surface area contributed by atoms with Gasteiger partial charge in [0.1, 0.15) is 17.1 Å². The zero-order chi connectivity index (χ0) is 23.4. The molecule has 5 N–H and O–H groups in total. The first-order valence-corrected chi connectivity index (χ1v) is 10.5. The SMILES string of the molecule is C=CC(=C(\N)Cl)/C1=C(F)/C=C(/Cl)C(=C)NC(c2ccccc2C#N)N1.CCCCNC. The third-order valence-corrected chi connectivity index (χ3v) is 4.83. The number of rotatable bonds is 6. The minimum absolute atomic E-state index is 0.00149. The molecular weight excluding hydrogens is 436 g/mol. The summed E-state index contributed by atoms with van der Waals surface area (Å²) < 4.78 is 14.7. The Bertz CT molecular complexity index is 920. The van der Waals surface area contributed by atoms with Crippen molar-refractivity contribution in [2.75, 3.05) is 13.6 Å². The summed E-state index contributed by atoms with van der Waals surface area (Å²) in [4.78, 5) is 0. The van der Waals surface area contributed by atoms with Gasteiger partial charge in [0.2, 0.25) is 0 Å². The Balaban J connectivity index is 0.000000703. The van der Waals surface area contributed by atoms with Gasteiger partial charge in [-0.1, -0.05) is 74.0 Å². The number of nitriles is 1. The van der Waals surface area contributed by atoms with Gasteiger partial charge in [0.05, 0.1) is 22.4 Å². The lowest BCUT2D eigenvalue weighted by Gasteiger charge is -2.28. The predicted octanol–water partition coefficient (Wildman–Crippen LogP) is 5.17. The number of nitrogens with one attached hydrogen (secondary N) is 3. The summed E-state index contributed by atoms with van der Waals surface area (Å²) in [6.45, 7) is 10.7. The average Bonchev–Trinajstić information content (AvgIpc) is 2.76. The van der Waals surface area contributed by atoms with Gasteiger partial charge >= 0.3 is 0 Å². The molecule has 0 saturated carbocycles. The quantitative estimate of drug-likeness (QED) is 0.265. The molecule has 31 heavy (non-hydrogen) atoms. The Kier molecular flexibility index (Phi) is 11.5. The number of unbranched alkanes of at least 4 members (excludes halogenated alkanes) is 1. The van der Waals surface area contributed by atoms with E-state index in [0.29, 0.717) is 16.8 Å². The number of hydrogen-bond donors (Lipinski definition) is 4. The first kappa shape index (κ1) is 26.3. The van der Waals surface area contributed by atoms with E-state index in [4.69, 9.17) is 28.9 Å². The third-order valence-electron chi connectivity index (χ3n) is 4.29. The van der Waals surface area contributed by atoms with Crippen LogP contribution in [0.25, 0.3) is 0 Å². The maximum atomic E-state index is 14.7. The standard InChI is InChI=1S/C18H15Cl2FN4.C5H13N/c1-3-12(17(20)23)16-15(21)8-14(19)10(2)24-18(25-16)13-7-5-4-6-11(13)9-22;1-3-4-5-6-2/h3-8,18,24-25H,1-2,23H2;6H,3-5H2,1-2H3/b14-8+,16-15+,17-12+;. The normalized spacial score (nSPS) is 20.8. The average molecular weight is 464 g/mol. The van der Waals surface area contributed by atoms with E-state index in [2.05, 4.69) is 42.1 Å². The molecule has 1 aromatic rings. The van der Waals surface area contributed by atoms with Gasteiger partial charge in [-0.05, 0) is 32.2 Å². The monoisotopic (exact) mass is 463 g/mol. The maximum absolute atomic E-state index is 14.7. The summed E-state index contributed by atoms with van der Waals surface area (Å²) in [5.41, 5.74) is 7.08. The smallest absolute Gasteiger partial charge is 0.148 e. The molecule has 1 aliphatic heterocycles. The van der Waals surface area contributed by atoms with Gasteiger partial charge < -0.3 is 21.7 Å². The number of nitrogens with two attached hydrogens (primary N) is 1. The van der Waals surface area contributed by atoms with Crippen LogP contribution >= 0.6 is 23.2 Å². The molecule has 1 unspecified atom stereocenters. The van der Waals surface area contributed by atoms with E-state index in [0.717, 1.165) is 12.6 Å². The molecule has 0 aliphatic carbocycles. The second-order valence-corrected chi connectivity index (χ2v) is 7.35. The third kappa shape index (κ3) is 7.80. The van der Waals surface area contributed by atoms with Crippen LogP contribution in [0.2, 0.25) is 0 Å².